The van der Waals surface area contributed by atoms with Crippen LogP contribution in [0.5, 0.6) is 0 Å². The summed E-state index contributed by atoms with van der Waals surface area (Å²) >= 11 is 0. The monoisotopic (exact) mass is 529 g/mol. The van der Waals surface area contributed by atoms with E-state index in [9.17, 15) is 26.9 Å². The summed E-state index contributed by atoms with van der Waals surface area (Å²) in [7, 11) is -3.79. The molecule has 4 rings (SSSR count). The lowest BCUT2D eigenvalue weighted by molar-refractivity contribution is -0.137. The summed E-state index contributed by atoms with van der Waals surface area (Å²) in [6, 6.07) is 22.3. The van der Waals surface area contributed by atoms with Crippen LogP contribution in [0.15, 0.2) is 83.8 Å². The summed E-state index contributed by atoms with van der Waals surface area (Å²) in [5.74, 6) is 0. The van der Waals surface area contributed by atoms with E-state index in [1.54, 1.807) is 18.2 Å². The van der Waals surface area contributed by atoms with Crippen LogP contribution in [0.2, 0.25) is 0 Å². The van der Waals surface area contributed by atoms with Crippen LogP contribution in [0.1, 0.15) is 28.4 Å². The molecular formula is C27H26F3N3O3S. The lowest BCUT2D eigenvalue weighted by atomic mass is 9.99. The van der Waals surface area contributed by atoms with Crippen molar-refractivity contribution in [2.75, 3.05) is 39.3 Å². The normalized spacial score (nSPS) is 16.3. The van der Waals surface area contributed by atoms with E-state index in [1.165, 1.54) is 22.5 Å². The van der Waals surface area contributed by atoms with E-state index in [4.69, 9.17) is 4.74 Å². The summed E-state index contributed by atoms with van der Waals surface area (Å²) in [6.45, 7) is 2.20. The Bertz CT molecular complexity index is 1350. The van der Waals surface area contributed by atoms with Gasteiger partial charge >= 0.3 is 6.18 Å². The number of hydrogen-bond acceptors (Lipinski definition) is 5. The van der Waals surface area contributed by atoms with Gasteiger partial charge in [0.05, 0.1) is 22.6 Å². The minimum atomic E-state index is -4.45. The smallest absolute Gasteiger partial charge is 0.367 e. The molecule has 0 N–H and O–H groups in total. The van der Waals surface area contributed by atoms with Crippen molar-refractivity contribution in [2.24, 2.45) is 0 Å². The molecule has 1 fully saturated rings. The van der Waals surface area contributed by atoms with Gasteiger partial charge in [0.25, 0.3) is 0 Å². The second kappa shape index (κ2) is 11.4. The summed E-state index contributed by atoms with van der Waals surface area (Å²) in [4.78, 5) is 2.05. The first-order valence-corrected chi connectivity index (χ1v) is 13.2. The fraction of sp³-hybridized carbons (Fsp3) is 0.296. The molecular weight excluding hydrogens is 503 g/mol. The lowest BCUT2D eigenvalue weighted by Gasteiger charge is -2.34. The third kappa shape index (κ3) is 6.37. The molecule has 0 saturated carbocycles. The minimum absolute atomic E-state index is 0.000994. The van der Waals surface area contributed by atoms with Crippen LogP contribution in [0.4, 0.5) is 13.2 Å². The molecule has 3 aromatic carbocycles. The Hall–Kier alpha value is -3.23. The molecule has 194 valence electrons. The summed E-state index contributed by atoms with van der Waals surface area (Å²) in [5, 5.41) is 9.27. The van der Waals surface area contributed by atoms with Gasteiger partial charge in [-0.25, -0.2) is 8.42 Å². The molecule has 3 aromatic rings. The first-order chi connectivity index (χ1) is 17.7. The average molecular weight is 530 g/mol. The number of alkyl halides is 3. The highest BCUT2D eigenvalue weighted by Crippen LogP contribution is 2.33. The van der Waals surface area contributed by atoms with Crippen molar-refractivity contribution >= 4 is 10.0 Å². The number of nitrogens with zero attached hydrogens (tertiary/aromatic N) is 3. The number of piperazine rings is 1. The predicted molar refractivity (Wildman–Crippen MR) is 132 cm³/mol. The molecule has 37 heavy (non-hydrogen) atoms. The Morgan fingerprint density at radius 1 is 0.892 bits per heavy atom. The largest absolute Gasteiger partial charge is 0.416 e. The predicted octanol–water partition coefficient (Wildman–Crippen LogP) is 4.69. The molecule has 1 saturated heterocycles. The van der Waals surface area contributed by atoms with E-state index in [0.717, 1.165) is 17.7 Å². The molecule has 0 aliphatic carbocycles. The van der Waals surface area contributed by atoms with Crippen molar-refractivity contribution < 1.29 is 26.3 Å². The molecule has 1 atom stereocenters. The molecule has 0 unspecified atom stereocenters. The molecule has 0 amide bonds. The van der Waals surface area contributed by atoms with E-state index in [2.05, 4.69) is 4.90 Å². The summed E-state index contributed by atoms with van der Waals surface area (Å²) in [5.41, 5.74) is 0.534. The van der Waals surface area contributed by atoms with E-state index < -0.39 is 27.9 Å². The molecule has 0 radical (unpaired) electrons. The van der Waals surface area contributed by atoms with Crippen molar-refractivity contribution in [3.63, 3.8) is 0 Å². The van der Waals surface area contributed by atoms with Crippen LogP contribution >= 0.6 is 0 Å². The standard InChI is InChI=1S/C27H26F3N3O3S/c28-27(29,30)24-11-6-10-22(19-24)26(21-7-2-1-3-8-21)36-18-17-32-13-15-33(16-14-32)37(34,35)25-12-5-4-9-23(25)20-31/h1-12,19,26H,13-18H2/t26-/m0/s1. The Balaban J connectivity index is 1.39. The molecule has 0 bridgehead atoms. The molecule has 0 aromatic heterocycles. The van der Waals surface area contributed by atoms with Crippen molar-refractivity contribution in [1.82, 2.24) is 9.21 Å². The molecule has 1 aliphatic heterocycles. The fourth-order valence-electron chi connectivity index (χ4n) is 4.31. The molecule has 0 spiro atoms. The summed E-state index contributed by atoms with van der Waals surface area (Å²) < 4.78 is 73.4. The number of benzene rings is 3. The Morgan fingerprint density at radius 2 is 1.54 bits per heavy atom. The number of nitriles is 1. The van der Waals surface area contributed by atoms with Gasteiger partial charge in [-0.05, 0) is 35.4 Å². The highest BCUT2D eigenvalue weighted by atomic mass is 32.2. The molecule has 1 heterocycles. The van der Waals surface area contributed by atoms with Gasteiger partial charge in [-0.15, -0.1) is 0 Å². The van der Waals surface area contributed by atoms with Crippen molar-refractivity contribution in [3.8, 4) is 6.07 Å². The van der Waals surface area contributed by atoms with Gasteiger partial charge in [0, 0.05) is 32.7 Å². The van der Waals surface area contributed by atoms with Crippen molar-refractivity contribution in [1.29, 1.82) is 5.26 Å². The highest BCUT2D eigenvalue weighted by molar-refractivity contribution is 7.89. The zero-order valence-corrected chi connectivity index (χ0v) is 20.8. The van der Waals surface area contributed by atoms with Gasteiger partial charge in [0.2, 0.25) is 10.0 Å². The van der Waals surface area contributed by atoms with Gasteiger partial charge in [-0.3, -0.25) is 4.90 Å². The third-order valence-corrected chi connectivity index (χ3v) is 8.22. The summed E-state index contributed by atoms with van der Waals surface area (Å²) in [6.07, 6.45) is -5.13. The first-order valence-electron chi connectivity index (χ1n) is 11.8. The third-order valence-electron chi connectivity index (χ3n) is 6.27. The van der Waals surface area contributed by atoms with E-state index in [1.807, 2.05) is 36.4 Å². The van der Waals surface area contributed by atoms with Crippen LogP contribution in [0.25, 0.3) is 0 Å². The van der Waals surface area contributed by atoms with Crippen LogP contribution in [-0.4, -0.2) is 57.0 Å². The maximum absolute atomic E-state index is 13.3. The first kappa shape index (κ1) is 26.8. The van der Waals surface area contributed by atoms with Gasteiger partial charge in [0.15, 0.2) is 0 Å². The van der Waals surface area contributed by atoms with Crippen molar-refractivity contribution in [3.05, 3.63) is 101 Å². The average Bonchev–Trinajstić information content (AvgIpc) is 2.91. The van der Waals surface area contributed by atoms with Crippen LogP contribution < -0.4 is 0 Å². The minimum Gasteiger partial charge on any atom is -0.367 e. The quantitative estimate of drug-likeness (QED) is 0.423. The van der Waals surface area contributed by atoms with Crippen molar-refractivity contribution in [2.45, 2.75) is 17.2 Å². The van der Waals surface area contributed by atoms with Gasteiger partial charge in [0.1, 0.15) is 12.2 Å². The van der Waals surface area contributed by atoms with Gasteiger partial charge in [-0.1, -0.05) is 54.6 Å². The fourth-order valence-corrected chi connectivity index (χ4v) is 5.87. The highest BCUT2D eigenvalue weighted by Gasteiger charge is 2.32. The Morgan fingerprint density at radius 3 is 2.22 bits per heavy atom. The number of sulfonamides is 1. The van der Waals surface area contributed by atoms with Crippen LogP contribution in [0, 0.1) is 11.3 Å². The molecule has 6 nitrogen and oxygen atoms in total. The van der Waals surface area contributed by atoms with Crippen LogP contribution in [-0.2, 0) is 20.9 Å². The molecule has 1 aliphatic rings. The van der Waals surface area contributed by atoms with Gasteiger partial charge < -0.3 is 4.74 Å². The van der Waals surface area contributed by atoms with Crippen LogP contribution in [0.3, 0.4) is 0 Å². The number of hydrogen-bond donors (Lipinski definition) is 0. The second-order valence-corrected chi connectivity index (χ2v) is 10.5. The maximum Gasteiger partial charge on any atom is 0.416 e. The Kier molecular flexibility index (Phi) is 8.29. The number of ether oxygens (including phenoxy) is 1. The van der Waals surface area contributed by atoms with E-state index in [-0.39, 0.29) is 30.2 Å². The number of halogens is 3. The topological polar surface area (TPSA) is 73.6 Å². The maximum atomic E-state index is 13.3. The zero-order chi connectivity index (χ0) is 26.5. The van der Waals surface area contributed by atoms with Gasteiger partial charge in [-0.2, -0.15) is 22.7 Å². The van der Waals surface area contributed by atoms with E-state index in [0.29, 0.717) is 25.2 Å². The number of rotatable bonds is 8. The molecule has 10 heteroatoms. The van der Waals surface area contributed by atoms with E-state index >= 15 is 0 Å². The Labute approximate surface area is 214 Å². The SMILES string of the molecule is N#Cc1ccccc1S(=O)(=O)N1CCN(CCO[C@@H](c2ccccc2)c2cccc(C(F)(F)F)c2)CC1. The second-order valence-electron chi connectivity index (χ2n) is 8.64. The lowest BCUT2D eigenvalue weighted by Crippen LogP contribution is -2.49. The zero-order valence-electron chi connectivity index (χ0n) is 19.9.